The molecule has 14 heavy (non-hydrogen) atoms. The summed E-state index contributed by atoms with van der Waals surface area (Å²) in [6.45, 7) is 1.31. The van der Waals surface area contributed by atoms with Gasteiger partial charge in [0.1, 0.15) is 6.61 Å². The molecule has 1 unspecified atom stereocenters. The molecule has 1 saturated heterocycles. The molecule has 0 aromatic heterocycles. The van der Waals surface area contributed by atoms with Crippen molar-refractivity contribution in [1.82, 2.24) is 0 Å². The summed E-state index contributed by atoms with van der Waals surface area (Å²) in [5.74, 6) is -0.751. The van der Waals surface area contributed by atoms with Crippen LogP contribution in [-0.4, -0.2) is 38.8 Å². The number of esters is 2. The molecule has 1 atom stereocenters. The summed E-state index contributed by atoms with van der Waals surface area (Å²) >= 11 is 0. The van der Waals surface area contributed by atoms with Crippen molar-refractivity contribution in [2.24, 2.45) is 0 Å². The van der Waals surface area contributed by atoms with Gasteiger partial charge in [-0.2, -0.15) is 0 Å². The van der Waals surface area contributed by atoms with Crippen LogP contribution in [0.1, 0.15) is 19.8 Å². The van der Waals surface area contributed by atoms with Crippen molar-refractivity contribution in [2.45, 2.75) is 25.4 Å². The highest BCUT2D eigenvalue weighted by molar-refractivity contribution is 5.98. The van der Waals surface area contributed by atoms with Crippen LogP contribution < -0.4 is 0 Å². The van der Waals surface area contributed by atoms with Crippen LogP contribution in [0.4, 0.5) is 0 Å². The Morgan fingerprint density at radius 1 is 1.64 bits per heavy atom. The predicted octanol–water partition coefficient (Wildman–Crippen LogP) is -0.275. The van der Waals surface area contributed by atoms with Gasteiger partial charge in [0, 0.05) is 19.8 Å². The molecule has 76 valence electrons. The fraction of sp³-hybridized carbons (Fsp3) is 0.750. The molecule has 1 heterocycles. The lowest BCUT2D eigenvalue weighted by Gasteiger charge is -2.26. The van der Waals surface area contributed by atoms with Gasteiger partial charge in [0.25, 0.3) is 8.05 Å². The molecule has 5 nitrogen and oxygen atoms in total. The minimum absolute atomic E-state index is 0.00866. The standard InChI is InChI=1S/C8H11BO5/c1-6(10)12-4-8(5-13-9)3-2-7(11)14-8/h2-5H2,1H3. The van der Waals surface area contributed by atoms with Gasteiger partial charge in [-0.1, -0.05) is 0 Å². The molecule has 0 N–H and O–H groups in total. The molecule has 0 saturated carbocycles. The summed E-state index contributed by atoms with van der Waals surface area (Å²) in [4.78, 5) is 21.5. The van der Waals surface area contributed by atoms with E-state index in [1.54, 1.807) is 0 Å². The van der Waals surface area contributed by atoms with Crippen molar-refractivity contribution in [1.29, 1.82) is 0 Å². The molecule has 0 aromatic rings. The van der Waals surface area contributed by atoms with Crippen molar-refractivity contribution in [3.8, 4) is 0 Å². The Hall–Kier alpha value is -1.04. The first-order chi connectivity index (χ1) is 6.58. The Kier molecular flexibility index (Phi) is 3.52. The first-order valence-electron chi connectivity index (χ1n) is 4.25. The second kappa shape index (κ2) is 4.46. The van der Waals surface area contributed by atoms with E-state index in [1.807, 2.05) is 0 Å². The number of carbonyl (C=O) groups excluding carboxylic acids is 2. The fourth-order valence-corrected chi connectivity index (χ4v) is 1.30. The van der Waals surface area contributed by atoms with Crippen molar-refractivity contribution in [2.75, 3.05) is 13.2 Å². The lowest BCUT2D eigenvalue weighted by atomic mass is 10.0. The maximum absolute atomic E-state index is 10.9. The summed E-state index contributed by atoms with van der Waals surface area (Å²) in [7, 11) is 4.91. The smallest absolute Gasteiger partial charge is 0.306 e. The van der Waals surface area contributed by atoms with Crippen LogP contribution in [0, 0.1) is 0 Å². The lowest BCUT2D eigenvalue weighted by molar-refractivity contribution is -0.164. The largest absolute Gasteiger partial charge is 0.462 e. The molecule has 6 heteroatoms. The topological polar surface area (TPSA) is 61.8 Å². The molecule has 0 amide bonds. The van der Waals surface area contributed by atoms with E-state index < -0.39 is 11.6 Å². The van der Waals surface area contributed by atoms with Crippen molar-refractivity contribution in [3.05, 3.63) is 0 Å². The Bertz CT molecular complexity index is 242. The molecular formula is C8H11BO5. The van der Waals surface area contributed by atoms with Crippen LogP contribution in [0.5, 0.6) is 0 Å². The van der Waals surface area contributed by atoms with Gasteiger partial charge in [-0.3, -0.25) is 9.59 Å². The van der Waals surface area contributed by atoms with Gasteiger partial charge in [-0.25, -0.2) is 0 Å². The van der Waals surface area contributed by atoms with Crippen molar-refractivity contribution >= 4 is 20.0 Å². The van der Waals surface area contributed by atoms with Crippen molar-refractivity contribution < 1.29 is 23.7 Å². The Morgan fingerprint density at radius 2 is 2.36 bits per heavy atom. The summed E-state index contributed by atoms with van der Waals surface area (Å²) in [6, 6.07) is 0. The molecular weight excluding hydrogens is 187 g/mol. The van der Waals surface area contributed by atoms with Crippen LogP contribution in [-0.2, 0) is 23.7 Å². The van der Waals surface area contributed by atoms with E-state index in [0.29, 0.717) is 12.8 Å². The van der Waals surface area contributed by atoms with E-state index in [4.69, 9.17) is 17.5 Å². The molecule has 1 aliphatic heterocycles. The van der Waals surface area contributed by atoms with E-state index >= 15 is 0 Å². The molecule has 1 fully saturated rings. The minimum Gasteiger partial charge on any atom is -0.462 e. The monoisotopic (exact) mass is 198 g/mol. The third kappa shape index (κ3) is 2.73. The maximum Gasteiger partial charge on any atom is 0.306 e. The fourth-order valence-electron chi connectivity index (χ4n) is 1.30. The third-order valence-corrected chi connectivity index (χ3v) is 2.00. The van der Waals surface area contributed by atoms with Gasteiger partial charge in [0.15, 0.2) is 5.60 Å². The van der Waals surface area contributed by atoms with Gasteiger partial charge in [-0.05, 0) is 0 Å². The number of cyclic esters (lactones) is 1. The van der Waals surface area contributed by atoms with Crippen LogP contribution >= 0.6 is 0 Å². The normalized spacial score (nSPS) is 25.9. The van der Waals surface area contributed by atoms with E-state index in [0.717, 1.165) is 0 Å². The molecule has 1 rings (SSSR count). The van der Waals surface area contributed by atoms with Gasteiger partial charge >= 0.3 is 11.9 Å². The predicted molar refractivity (Wildman–Crippen MR) is 46.4 cm³/mol. The summed E-state index contributed by atoms with van der Waals surface area (Å²) in [5.41, 5.74) is -0.891. The number of hydrogen-bond donors (Lipinski definition) is 0. The van der Waals surface area contributed by atoms with Crippen LogP contribution in [0.2, 0.25) is 0 Å². The Morgan fingerprint density at radius 3 is 2.79 bits per heavy atom. The van der Waals surface area contributed by atoms with Crippen LogP contribution in [0.3, 0.4) is 0 Å². The third-order valence-electron chi connectivity index (χ3n) is 2.00. The van der Waals surface area contributed by atoms with Crippen molar-refractivity contribution in [3.63, 3.8) is 0 Å². The summed E-state index contributed by atoms with van der Waals surface area (Å²) in [5, 5.41) is 0. The number of rotatable bonds is 4. The number of hydrogen-bond acceptors (Lipinski definition) is 5. The second-order valence-electron chi connectivity index (χ2n) is 3.25. The molecule has 2 radical (unpaired) electrons. The zero-order valence-corrected chi connectivity index (χ0v) is 7.95. The average molecular weight is 198 g/mol. The van der Waals surface area contributed by atoms with E-state index in [2.05, 4.69) is 4.65 Å². The Balaban J connectivity index is 2.53. The lowest BCUT2D eigenvalue weighted by Crippen LogP contribution is -2.40. The molecule has 0 bridgehead atoms. The van der Waals surface area contributed by atoms with E-state index in [9.17, 15) is 9.59 Å². The van der Waals surface area contributed by atoms with Gasteiger partial charge in [-0.15, -0.1) is 0 Å². The zero-order valence-electron chi connectivity index (χ0n) is 7.95. The molecule has 0 spiro atoms. The maximum atomic E-state index is 10.9. The van der Waals surface area contributed by atoms with E-state index in [1.165, 1.54) is 6.92 Å². The molecule has 1 aliphatic rings. The van der Waals surface area contributed by atoms with Gasteiger partial charge in [0.2, 0.25) is 0 Å². The molecule has 0 aliphatic carbocycles. The number of carbonyl (C=O) groups is 2. The Labute approximate surface area is 83.1 Å². The van der Waals surface area contributed by atoms with Gasteiger partial charge < -0.3 is 14.1 Å². The first-order valence-corrected chi connectivity index (χ1v) is 4.25. The molecule has 0 aromatic carbocycles. The van der Waals surface area contributed by atoms with Crippen LogP contribution in [0.25, 0.3) is 0 Å². The number of ether oxygens (including phenoxy) is 2. The van der Waals surface area contributed by atoms with Crippen LogP contribution in [0.15, 0.2) is 0 Å². The highest BCUT2D eigenvalue weighted by atomic mass is 16.6. The van der Waals surface area contributed by atoms with E-state index in [-0.39, 0.29) is 19.2 Å². The highest BCUT2D eigenvalue weighted by Gasteiger charge is 2.41. The first kappa shape index (κ1) is 11.0. The summed E-state index contributed by atoms with van der Waals surface area (Å²) < 4.78 is 14.2. The highest BCUT2D eigenvalue weighted by Crippen LogP contribution is 2.27. The minimum atomic E-state index is -0.891. The van der Waals surface area contributed by atoms with Gasteiger partial charge in [0.05, 0.1) is 6.61 Å². The average Bonchev–Trinajstić information content (AvgIpc) is 2.46. The second-order valence-corrected chi connectivity index (χ2v) is 3.25. The zero-order chi connectivity index (χ0) is 10.6. The quantitative estimate of drug-likeness (QED) is 0.459. The summed E-state index contributed by atoms with van der Waals surface area (Å²) in [6.07, 6.45) is 0.751. The SMILES string of the molecule is [B]OCC1(COC(C)=O)CCC(=O)O1.